The number of aromatic nitrogens is 4. The molecule has 8 nitrogen and oxygen atoms in total. The van der Waals surface area contributed by atoms with Gasteiger partial charge < -0.3 is 9.64 Å². The van der Waals surface area contributed by atoms with E-state index in [0.29, 0.717) is 41.7 Å². The second-order valence-corrected chi connectivity index (χ2v) is 6.67. The van der Waals surface area contributed by atoms with Gasteiger partial charge in [0, 0.05) is 19.3 Å². The van der Waals surface area contributed by atoms with Gasteiger partial charge in [0.25, 0.3) is 5.56 Å². The Bertz CT molecular complexity index is 1150. The molecule has 3 aromatic rings. The minimum atomic E-state index is -4.78. The van der Waals surface area contributed by atoms with E-state index in [2.05, 4.69) is 14.8 Å². The summed E-state index contributed by atoms with van der Waals surface area (Å²) in [6.07, 6.45) is -0.989. The summed E-state index contributed by atoms with van der Waals surface area (Å²) in [7, 11) is 1.66. The second kappa shape index (κ2) is 6.90. The molecule has 152 valence electrons. The average Bonchev–Trinajstić information content (AvgIpc) is 3.03. The SMILES string of the molecule is Cn1ncc2c(=O)n(CC(=O)N3CCCc4cc(OC(F)(F)F)ccc43)cnc21. The van der Waals surface area contributed by atoms with E-state index in [9.17, 15) is 22.8 Å². The molecule has 29 heavy (non-hydrogen) atoms. The molecular formula is C18H16F3N5O3. The van der Waals surface area contributed by atoms with Crippen LogP contribution in [-0.4, -0.2) is 38.1 Å². The molecule has 4 rings (SSSR count). The summed E-state index contributed by atoms with van der Waals surface area (Å²) in [4.78, 5) is 31.0. The molecule has 1 aliphatic rings. The zero-order valence-electron chi connectivity index (χ0n) is 15.3. The Labute approximate surface area is 162 Å². The lowest BCUT2D eigenvalue weighted by Gasteiger charge is -2.30. The first-order valence-corrected chi connectivity index (χ1v) is 8.79. The van der Waals surface area contributed by atoms with E-state index in [1.165, 1.54) is 44.9 Å². The van der Waals surface area contributed by atoms with Crippen LogP contribution in [0.5, 0.6) is 5.75 Å². The summed E-state index contributed by atoms with van der Waals surface area (Å²) in [6.45, 7) is 0.166. The van der Waals surface area contributed by atoms with Crippen LogP contribution < -0.4 is 15.2 Å². The number of aryl methyl sites for hydroxylation is 2. The summed E-state index contributed by atoms with van der Waals surface area (Å²) < 4.78 is 43.9. The molecule has 3 heterocycles. The van der Waals surface area contributed by atoms with E-state index in [0.717, 1.165) is 0 Å². The molecule has 0 bridgehead atoms. The van der Waals surface area contributed by atoms with E-state index in [1.807, 2.05) is 0 Å². The van der Waals surface area contributed by atoms with Gasteiger partial charge in [-0.25, -0.2) is 4.98 Å². The summed E-state index contributed by atoms with van der Waals surface area (Å²) in [5.41, 5.74) is 1.13. The van der Waals surface area contributed by atoms with Crippen LogP contribution in [0, 0.1) is 0 Å². The average molecular weight is 407 g/mol. The number of fused-ring (bicyclic) bond motifs is 2. The fraction of sp³-hybridized carbons (Fsp3) is 0.333. The number of halogens is 3. The number of carbonyl (C=O) groups is 1. The number of alkyl halides is 3. The van der Waals surface area contributed by atoms with Crippen LogP contribution >= 0.6 is 0 Å². The van der Waals surface area contributed by atoms with E-state index < -0.39 is 6.36 Å². The van der Waals surface area contributed by atoms with Crippen LogP contribution in [0.3, 0.4) is 0 Å². The van der Waals surface area contributed by atoms with Gasteiger partial charge in [0.2, 0.25) is 5.91 Å². The molecule has 2 aromatic heterocycles. The maximum atomic E-state index is 12.8. The van der Waals surface area contributed by atoms with Gasteiger partial charge in [0.15, 0.2) is 5.65 Å². The first-order valence-electron chi connectivity index (χ1n) is 8.79. The molecule has 1 aliphatic heterocycles. The quantitative estimate of drug-likeness (QED) is 0.664. The van der Waals surface area contributed by atoms with Gasteiger partial charge in [0.1, 0.15) is 24.0 Å². The Kier molecular flexibility index (Phi) is 4.52. The van der Waals surface area contributed by atoms with Crippen molar-refractivity contribution < 1.29 is 22.7 Å². The lowest BCUT2D eigenvalue weighted by atomic mass is 10.0. The van der Waals surface area contributed by atoms with Gasteiger partial charge in [-0.15, -0.1) is 13.2 Å². The Morgan fingerprint density at radius 2 is 2.10 bits per heavy atom. The van der Waals surface area contributed by atoms with Crippen LogP contribution in [0.25, 0.3) is 11.0 Å². The highest BCUT2D eigenvalue weighted by Gasteiger charge is 2.32. The highest BCUT2D eigenvalue weighted by molar-refractivity contribution is 5.94. The monoisotopic (exact) mass is 407 g/mol. The number of rotatable bonds is 3. The molecule has 0 aliphatic carbocycles. The fourth-order valence-electron chi connectivity index (χ4n) is 3.44. The first kappa shape index (κ1) is 19.0. The van der Waals surface area contributed by atoms with Crippen molar-refractivity contribution in [1.29, 1.82) is 0 Å². The number of hydrogen-bond acceptors (Lipinski definition) is 5. The second-order valence-electron chi connectivity index (χ2n) is 6.67. The Hall–Kier alpha value is -3.37. The zero-order chi connectivity index (χ0) is 20.8. The largest absolute Gasteiger partial charge is 0.573 e. The minimum absolute atomic E-state index is 0.239. The summed E-state index contributed by atoms with van der Waals surface area (Å²) in [6, 6.07) is 3.89. The van der Waals surface area contributed by atoms with Crippen molar-refractivity contribution in [1.82, 2.24) is 19.3 Å². The molecule has 0 saturated heterocycles. The van der Waals surface area contributed by atoms with Crippen molar-refractivity contribution >= 4 is 22.6 Å². The number of anilines is 1. The Morgan fingerprint density at radius 1 is 1.31 bits per heavy atom. The number of nitrogens with zero attached hydrogens (tertiary/aromatic N) is 5. The van der Waals surface area contributed by atoms with E-state index >= 15 is 0 Å². The maximum Gasteiger partial charge on any atom is 0.573 e. The predicted molar refractivity (Wildman–Crippen MR) is 96.6 cm³/mol. The standard InChI is InChI=1S/C18H16F3N5O3/c1-24-16-13(8-23-24)17(28)25(10-22-16)9-15(27)26-6-2-3-11-7-12(4-5-14(11)26)29-18(19,20)21/h4-5,7-8,10H,2-3,6,9H2,1H3. The van der Waals surface area contributed by atoms with Crippen LogP contribution in [0.4, 0.5) is 18.9 Å². The smallest absolute Gasteiger partial charge is 0.406 e. The molecule has 0 unspecified atom stereocenters. The maximum absolute atomic E-state index is 12.8. The lowest BCUT2D eigenvalue weighted by molar-refractivity contribution is -0.274. The number of amides is 1. The van der Waals surface area contributed by atoms with Crippen LogP contribution in [-0.2, 0) is 24.8 Å². The molecule has 0 saturated carbocycles. The van der Waals surface area contributed by atoms with Crippen molar-refractivity contribution in [2.75, 3.05) is 11.4 Å². The Balaban J connectivity index is 1.59. The van der Waals surface area contributed by atoms with Crippen molar-refractivity contribution in [3.8, 4) is 5.75 Å². The molecule has 1 amide bonds. The molecule has 0 atom stereocenters. The predicted octanol–water partition coefficient (Wildman–Crippen LogP) is 2.01. The molecule has 11 heteroatoms. The highest BCUT2D eigenvalue weighted by atomic mass is 19.4. The van der Waals surface area contributed by atoms with E-state index in [1.54, 1.807) is 7.05 Å². The zero-order valence-corrected chi connectivity index (χ0v) is 15.3. The summed E-state index contributed by atoms with van der Waals surface area (Å²) >= 11 is 0. The van der Waals surface area contributed by atoms with Gasteiger partial charge >= 0.3 is 6.36 Å². The number of benzene rings is 1. The first-order chi connectivity index (χ1) is 13.7. The Morgan fingerprint density at radius 3 is 2.86 bits per heavy atom. The van der Waals surface area contributed by atoms with Gasteiger partial charge in [-0.05, 0) is 36.6 Å². The van der Waals surface area contributed by atoms with Crippen molar-refractivity contribution in [3.05, 3.63) is 46.6 Å². The van der Waals surface area contributed by atoms with Gasteiger partial charge in [-0.3, -0.25) is 18.8 Å². The van der Waals surface area contributed by atoms with Gasteiger partial charge in [-0.2, -0.15) is 5.10 Å². The molecule has 0 spiro atoms. The third-order valence-electron chi connectivity index (χ3n) is 4.73. The van der Waals surface area contributed by atoms with Crippen LogP contribution in [0.1, 0.15) is 12.0 Å². The van der Waals surface area contributed by atoms with Crippen LogP contribution in [0.15, 0.2) is 35.5 Å². The molecule has 1 aromatic carbocycles. The van der Waals surface area contributed by atoms with Crippen molar-refractivity contribution in [3.63, 3.8) is 0 Å². The van der Waals surface area contributed by atoms with Crippen molar-refractivity contribution in [2.24, 2.45) is 7.05 Å². The third-order valence-corrected chi connectivity index (χ3v) is 4.73. The van der Waals surface area contributed by atoms with Crippen LogP contribution in [0.2, 0.25) is 0 Å². The molecule has 0 radical (unpaired) electrons. The number of carbonyl (C=O) groups excluding carboxylic acids is 1. The highest BCUT2D eigenvalue weighted by Crippen LogP contribution is 2.32. The normalized spacial score (nSPS) is 14.1. The topological polar surface area (TPSA) is 82.2 Å². The summed E-state index contributed by atoms with van der Waals surface area (Å²) in [5, 5.41) is 4.29. The number of hydrogen-bond donors (Lipinski definition) is 0. The van der Waals surface area contributed by atoms with Gasteiger partial charge in [0.05, 0.1) is 6.20 Å². The molecule has 0 N–H and O–H groups in total. The minimum Gasteiger partial charge on any atom is -0.406 e. The van der Waals surface area contributed by atoms with E-state index in [-0.39, 0.29) is 23.8 Å². The van der Waals surface area contributed by atoms with E-state index in [4.69, 9.17) is 0 Å². The third kappa shape index (κ3) is 3.67. The van der Waals surface area contributed by atoms with Crippen molar-refractivity contribution in [2.45, 2.75) is 25.7 Å². The molecule has 0 fully saturated rings. The summed E-state index contributed by atoms with van der Waals surface area (Å²) in [5.74, 6) is -0.685. The van der Waals surface area contributed by atoms with Gasteiger partial charge in [-0.1, -0.05) is 0 Å². The fourth-order valence-corrected chi connectivity index (χ4v) is 3.44. The number of ether oxygens (including phenoxy) is 1. The lowest BCUT2D eigenvalue weighted by Crippen LogP contribution is -2.39. The molecular weight excluding hydrogens is 391 g/mol.